The highest BCUT2D eigenvalue weighted by Gasteiger charge is 2.32. The van der Waals surface area contributed by atoms with Crippen molar-refractivity contribution >= 4 is 10.9 Å². The van der Waals surface area contributed by atoms with Crippen LogP contribution in [0.3, 0.4) is 0 Å². The Balaban J connectivity index is 1.48. The van der Waals surface area contributed by atoms with Crippen molar-refractivity contribution in [3.63, 3.8) is 0 Å². The van der Waals surface area contributed by atoms with Crippen LogP contribution in [0.4, 0.5) is 0 Å². The molecule has 5 nitrogen and oxygen atoms in total. The van der Waals surface area contributed by atoms with Gasteiger partial charge < -0.3 is 9.67 Å². The maximum atomic E-state index is 10.6. The van der Waals surface area contributed by atoms with Crippen molar-refractivity contribution in [2.75, 3.05) is 13.1 Å². The fourth-order valence-electron chi connectivity index (χ4n) is 3.87. The van der Waals surface area contributed by atoms with Gasteiger partial charge in [0.15, 0.2) is 0 Å². The number of para-hydroxylation sites is 1. The van der Waals surface area contributed by atoms with Crippen LogP contribution < -0.4 is 0 Å². The van der Waals surface area contributed by atoms with E-state index in [-0.39, 0.29) is 12.0 Å². The highest BCUT2D eigenvalue weighted by atomic mass is 16.3. The lowest BCUT2D eigenvalue weighted by molar-refractivity contribution is 0.141. The van der Waals surface area contributed by atoms with Gasteiger partial charge >= 0.3 is 0 Å². The summed E-state index contributed by atoms with van der Waals surface area (Å²) in [6.45, 7) is 5.46. The first kappa shape index (κ1) is 16.2. The van der Waals surface area contributed by atoms with Gasteiger partial charge in [-0.2, -0.15) is 0 Å². The SMILES string of the molecule is CCn1ccnc1CN1CC(O)C(Cc2ccnc3ccccc23)C1. The smallest absolute Gasteiger partial charge is 0.122 e. The molecule has 0 bridgehead atoms. The number of likely N-dealkylation sites (tertiary alicyclic amines) is 1. The highest BCUT2D eigenvalue weighted by Crippen LogP contribution is 2.26. The van der Waals surface area contributed by atoms with Crippen molar-refractivity contribution in [2.45, 2.75) is 32.5 Å². The number of aromatic nitrogens is 3. The molecular formula is C20H24N4O. The Labute approximate surface area is 147 Å². The third-order valence-corrected chi connectivity index (χ3v) is 5.21. The van der Waals surface area contributed by atoms with E-state index in [1.165, 1.54) is 10.9 Å². The van der Waals surface area contributed by atoms with Crippen LogP contribution in [0.2, 0.25) is 0 Å². The molecule has 3 aromatic rings. The number of pyridine rings is 1. The van der Waals surface area contributed by atoms with E-state index in [1.807, 2.05) is 30.7 Å². The van der Waals surface area contributed by atoms with Gasteiger partial charge in [0.05, 0.1) is 18.2 Å². The predicted molar refractivity (Wildman–Crippen MR) is 98.1 cm³/mol. The van der Waals surface area contributed by atoms with E-state index in [9.17, 15) is 5.11 Å². The first-order valence-electron chi connectivity index (χ1n) is 8.97. The van der Waals surface area contributed by atoms with E-state index >= 15 is 0 Å². The lowest BCUT2D eigenvalue weighted by Gasteiger charge is -2.16. The van der Waals surface area contributed by atoms with Crippen LogP contribution >= 0.6 is 0 Å². The van der Waals surface area contributed by atoms with Gasteiger partial charge in [-0.15, -0.1) is 0 Å². The monoisotopic (exact) mass is 336 g/mol. The number of hydrogen-bond acceptors (Lipinski definition) is 4. The van der Waals surface area contributed by atoms with Gasteiger partial charge in [-0.25, -0.2) is 4.98 Å². The van der Waals surface area contributed by atoms with Gasteiger partial charge in [-0.3, -0.25) is 9.88 Å². The zero-order chi connectivity index (χ0) is 17.2. The molecule has 3 heterocycles. The van der Waals surface area contributed by atoms with E-state index in [2.05, 4.69) is 44.6 Å². The Morgan fingerprint density at radius 3 is 2.88 bits per heavy atom. The first-order valence-corrected chi connectivity index (χ1v) is 8.97. The van der Waals surface area contributed by atoms with Crippen LogP contribution in [-0.4, -0.2) is 43.7 Å². The molecule has 1 saturated heterocycles. The number of imidazole rings is 1. The van der Waals surface area contributed by atoms with E-state index in [1.54, 1.807) is 0 Å². The molecule has 25 heavy (non-hydrogen) atoms. The maximum absolute atomic E-state index is 10.6. The Morgan fingerprint density at radius 1 is 1.12 bits per heavy atom. The molecule has 1 aromatic carbocycles. The molecular weight excluding hydrogens is 312 g/mol. The van der Waals surface area contributed by atoms with Gasteiger partial charge in [0.1, 0.15) is 5.82 Å². The molecule has 2 unspecified atom stereocenters. The third-order valence-electron chi connectivity index (χ3n) is 5.21. The lowest BCUT2D eigenvalue weighted by atomic mass is 9.94. The van der Waals surface area contributed by atoms with Crippen molar-refractivity contribution in [2.24, 2.45) is 5.92 Å². The summed E-state index contributed by atoms with van der Waals surface area (Å²) in [7, 11) is 0. The van der Waals surface area contributed by atoms with Gasteiger partial charge in [-0.05, 0) is 31.0 Å². The van der Waals surface area contributed by atoms with Crippen LogP contribution in [0.1, 0.15) is 18.3 Å². The van der Waals surface area contributed by atoms with Crippen LogP contribution in [0.5, 0.6) is 0 Å². The molecule has 1 fully saturated rings. The fourth-order valence-corrected chi connectivity index (χ4v) is 3.87. The molecule has 5 heteroatoms. The Kier molecular flexibility index (Phi) is 4.51. The van der Waals surface area contributed by atoms with E-state index < -0.39 is 0 Å². The van der Waals surface area contributed by atoms with E-state index in [0.717, 1.165) is 37.4 Å². The van der Waals surface area contributed by atoms with Gasteiger partial charge in [0.25, 0.3) is 0 Å². The number of fused-ring (bicyclic) bond motifs is 1. The molecule has 0 radical (unpaired) electrons. The minimum atomic E-state index is -0.294. The van der Waals surface area contributed by atoms with E-state index in [0.29, 0.717) is 6.54 Å². The minimum Gasteiger partial charge on any atom is -0.391 e. The molecule has 2 atom stereocenters. The van der Waals surface area contributed by atoms with Crippen LogP contribution in [0, 0.1) is 5.92 Å². The first-order chi connectivity index (χ1) is 12.2. The molecule has 0 aliphatic carbocycles. The summed E-state index contributed by atoms with van der Waals surface area (Å²) in [6, 6.07) is 10.3. The second-order valence-corrected chi connectivity index (χ2v) is 6.84. The standard InChI is InChI=1S/C20H24N4O/c1-2-24-10-9-22-20(24)14-23-12-16(19(25)13-23)11-15-7-8-21-18-6-4-3-5-17(15)18/h3-10,16,19,25H,2,11-14H2,1H3. The topological polar surface area (TPSA) is 54.2 Å². The zero-order valence-corrected chi connectivity index (χ0v) is 14.5. The van der Waals surface area contributed by atoms with Crippen molar-refractivity contribution in [3.05, 3.63) is 60.3 Å². The molecule has 4 rings (SSSR count). The average Bonchev–Trinajstić information content (AvgIpc) is 3.22. The van der Waals surface area contributed by atoms with Crippen LogP contribution in [0.15, 0.2) is 48.9 Å². The third kappa shape index (κ3) is 3.30. The van der Waals surface area contributed by atoms with Crippen molar-refractivity contribution in [3.8, 4) is 0 Å². The second kappa shape index (κ2) is 6.94. The summed E-state index contributed by atoms with van der Waals surface area (Å²) < 4.78 is 2.16. The summed E-state index contributed by atoms with van der Waals surface area (Å²) >= 11 is 0. The highest BCUT2D eigenvalue weighted by molar-refractivity contribution is 5.81. The number of aliphatic hydroxyl groups excluding tert-OH is 1. The lowest BCUT2D eigenvalue weighted by Crippen LogP contribution is -2.23. The average molecular weight is 336 g/mol. The van der Waals surface area contributed by atoms with Crippen molar-refractivity contribution < 1.29 is 5.11 Å². The largest absolute Gasteiger partial charge is 0.391 e. The summed E-state index contributed by atoms with van der Waals surface area (Å²) in [5.74, 6) is 1.32. The molecule has 130 valence electrons. The summed E-state index contributed by atoms with van der Waals surface area (Å²) in [5, 5.41) is 11.8. The second-order valence-electron chi connectivity index (χ2n) is 6.84. The van der Waals surface area contributed by atoms with Crippen LogP contribution in [0.25, 0.3) is 10.9 Å². The maximum Gasteiger partial charge on any atom is 0.122 e. The number of aryl methyl sites for hydroxylation is 1. The van der Waals surface area contributed by atoms with E-state index in [4.69, 9.17) is 0 Å². The molecule has 0 saturated carbocycles. The summed E-state index contributed by atoms with van der Waals surface area (Å²) in [6.07, 6.45) is 6.32. The van der Waals surface area contributed by atoms with Crippen molar-refractivity contribution in [1.82, 2.24) is 19.4 Å². The summed E-state index contributed by atoms with van der Waals surface area (Å²) in [4.78, 5) is 11.2. The predicted octanol–water partition coefficient (Wildman–Crippen LogP) is 2.49. The van der Waals surface area contributed by atoms with Crippen molar-refractivity contribution in [1.29, 1.82) is 0 Å². The number of nitrogens with zero attached hydrogens (tertiary/aromatic N) is 4. The number of hydrogen-bond donors (Lipinski definition) is 1. The van der Waals surface area contributed by atoms with Gasteiger partial charge in [0.2, 0.25) is 0 Å². The quantitative estimate of drug-likeness (QED) is 0.778. The number of rotatable bonds is 5. The van der Waals surface area contributed by atoms with Gasteiger partial charge in [-0.1, -0.05) is 18.2 Å². The molecule has 2 aromatic heterocycles. The zero-order valence-electron chi connectivity index (χ0n) is 14.5. The Hall–Kier alpha value is -2.24. The molecule has 1 N–H and O–H groups in total. The molecule has 1 aliphatic heterocycles. The number of benzene rings is 1. The Bertz CT molecular complexity index is 854. The number of aliphatic hydroxyl groups is 1. The van der Waals surface area contributed by atoms with Gasteiger partial charge in [0, 0.05) is 49.5 Å². The normalized spacial score (nSPS) is 21.2. The van der Waals surface area contributed by atoms with Crippen LogP contribution in [-0.2, 0) is 19.5 Å². The molecule has 0 spiro atoms. The molecule has 0 amide bonds. The minimum absolute atomic E-state index is 0.246. The fraction of sp³-hybridized carbons (Fsp3) is 0.400. The Morgan fingerprint density at radius 2 is 2.00 bits per heavy atom. The molecule has 1 aliphatic rings. The number of β-amino-alcohol motifs (C(OH)–C–C–N with tert-alkyl or cyclic N) is 1. The summed E-state index contributed by atoms with van der Waals surface area (Å²) in [5.41, 5.74) is 2.29.